The highest BCUT2D eigenvalue weighted by molar-refractivity contribution is 5.24. The maximum absolute atomic E-state index is 14.1. The Hall–Kier alpha value is -1.71. The zero-order chi connectivity index (χ0) is 15.1. The molecule has 0 saturated heterocycles. The molecule has 1 aromatic heterocycles. The number of hydrogen-bond acceptors (Lipinski definition) is 1. The van der Waals surface area contributed by atoms with Crippen LogP contribution in [0.3, 0.4) is 0 Å². The van der Waals surface area contributed by atoms with Gasteiger partial charge in [0.1, 0.15) is 5.82 Å². The standard InChI is InChI=1S/C18H20F2N2/c19-16-5-2-4-15(18(16)20)13-3-1-6-17-21-10-14(22(17)11-13)9-12-7-8-12/h2,4-5,10,12-13H,1,3,6-9,11H2. The SMILES string of the molecule is Fc1cccc(C2CCCc3ncc(CC4CC4)n3C2)c1F. The number of fused-ring (bicyclic) bond motifs is 1. The van der Waals surface area contributed by atoms with E-state index >= 15 is 0 Å². The lowest BCUT2D eigenvalue weighted by Crippen LogP contribution is -2.13. The number of hydrogen-bond donors (Lipinski definition) is 0. The smallest absolute Gasteiger partial charge is 0.162 e. The van der Waals surface area contributed by atoms with Gasteiger partial charge < -0.3 is 4.57 Å². The first-order valence-electron chi connectivity index (χ1n) is 8.19. The van der Waals surface area contributed by atoms with Crippen LogP contribution in [0.4, 0.5) is 8.78 Å². The van der Waals surface area contributed by atoms with Gasteiger partial charge in [0.15, 0.2) is 11.6 Å². The average Bonchev–Trinajstić information content (AvgIpc) is 3.28. The molecule has 1 fully saturated rings. The van der Waals surface area contributed by atoms with Gasteiger partial charge in [-0.15, -0.1) is 0 Å². The molecule has 0 radical (unpaired) electrons. The van der Waals surface area contributed by atoms with Crippen LogP contribution in [-0.4, -0.2) is 9.55 Å². The summed E-state index contributed by atoms with van der Waals surface area (Å²) in [6.45, 7) is 0.720. The average molecular weight is 302 g/mol. The Morgan fingerprint density at radius 1 is 1.18 bits per heavy atom. The van der Waals surface area contributed by atoms with Gasteiger partial charge in [-0.05, 0) is 49.7 Å². The molecular formula is C18H20F2N2. The molecule has 1 aliphatic heterocycles. The van der Waals surface area contributed by atoms with E-state index in [9.17, 15) is 8.78 Å². The van der Waals surface area contributed by atoms with E-state index in [0.717, 1.165) is 44.0 Å². The summed E-state index contributed by atoms with van der Waals surface area (Å²) in [5.74, 6) is 0.512. The number of benzene rings is 1. The molecule has 2 heterocycles. The first kappa shape index (κ1) is 13.9. The normalized spacial score (nSPS) is 21.5. The van der Waals surface area contributed by atoms with Gasteiger partial charge in [-0.1, -0.05) is 12.1 Å². The minimum absolute atomic E-state index is 0.0316. The number of aryl methyl sites for hydroxylation is 1. The molecule has 2 nitrogen and oxygen atoms in total. The van der Waals surface area contributed by atoms with E-state index in [2.05, 4.69) is 9.55 Å². The van der Waals surface area contributed by atoms with E-state index in [4.69, 9.17) is 0 Å². The van der Waals surface area contributed by atoms with Crippen LogP contribution in [0.25, 0.3) is 0 Å². The van der Waals surface area contributed by atoms with Crippen molar-refractivity contribution in [3.63, 3.8) is 0 Å². The predicted octanol–water partition coefficient (Wildman–Crippen LogP) is 4.23. The Labute approximate surface area is 129 Å². The summed E-state index contributed by atoms with van der Waals surface area (Å²) in [5.41, 5.74) is 1.78. The molecule has 0 amide bonds. The summed E-state index contributed by atoms with van der Waals surface area (Å²) in [4.78, 5) is 4.56. The van der Waals surface area contributed by atoms with Crippen molar-refractivity contribution in [2.45, 2.75) is 51.0 Å². The predicted molar refractivity (Wildman–Crippen MR) is 80.7 cm³/mol. The van der Waals surface area contributed by atoms with Crippen molar-refractivity contribution in [1.29, 1.82) is 0 Å². The van der Waals surface area contributed by atoms with Crippen molar-refractivity contribution in [3.8, 4) is 0 Å². The second-order valence-electron chi connectivity index (χ2n) is 6.66. The van der Waals surface area contributed by atoms with E-state index < -0.39 is 11.6 Å². The van der Waals surface area contributed by atoms with Crippen molar-refractivity contribution >= 4 is 0 Å². The first-order chi connectivity index (χ1) is 10.7. The van der Waals surface area contributed by atoms with Crippen molar-refractivity contribution in [2.24, 2.45) is 5.92 Å². The zero-order valence-corrected chi connectivity index (χ0v) is 12.6. The van der Waals surface area contributed by atoms with Crippen LogP contribution in [0, 0.1) is 17.6 Å². The molecule has 1 atom stereocenters. The van der Waals surface area contributed by atoms with Crippen molar-refractivity contribution in [2.75, 3.05) is 0 Å². The molecule has 4 rings (SSSR count). The van der Waals surface area contributed by atoms with Gasteiger partial charge >= 0.3 is 0 Å². The van der Waals surface area contributed by atoms with Crippen LogP contribution in [0.2, 0.25) is 0 Å². The fourth-order valence-corrected chi connectivity index (χ4v) is 3.56. The number of halogens is 2. The molecule has 2 aromatic rings. The minimum Gasteiger partial charge on any atom is -0.331 e. The number of nitrogens with zero attached hydrogens (tertiary/aromatic N) is 2. The highest BCUT2D eigenvalue weighted by Crippen LogP contribution is 2.35. The van der Waals surface area contributed by atoms with E-state index in [-0.39, 0.29) is 5.92 Å². The lowest BCUT2D eigenvalue weighted by atomic mass is 9.93. The van der Waals surface area contributed by atoms with Crippen LogP contribution >= 0.6 is 0 Å². The molecule has 0 spiro atoms. The van der Waals surface area contributed by atoms with Gasteiger partial charge in [0.2, 0.25) is 0 Å². The topological polar surface area (TPSA) is 17.8 Å². The van der Waals surface area contributed by atoms with Gasteiger partial charge in [-0.2, -0.15) is 0 Å². The van der Waals surface area contributed by atoms with Crippen LogP contribution in [0.15, 0.2) is 24.4 Å². The van der Waals surface area contributed by atoms with Crippen LogP contribution < -0.4 is 0 Å². The summed E-state index contributed by atoms with van der Waals surface area (Å²) >= 11 is 0. The number of aromatic nitrogens is 2. The molecule has 2 aliphatic rings. The fraction of sp³-hybridized carbons (Fsp3) is 0.500. The third kappa shape index (κ3) is 2.55. The third-order valence-corrected chi connectivity index (χ3v) is 4.99. The molecule has 4 heteroatoms. The highest BCUT2D eigenvalue weighted by atomic mass is 19.2. The lowest BCUT2D eigenvalue weighted by molar-refractivity contribution is 0.461. The van der Waals surface area contributed by atoms with Gasteiger partial charge in [-0.25, -0.2) is 13.8 Å². The molecule has 22 heavy (non-hydrogen) atoms. The first-order valence-corrected chi connectivity index (χ1v) is 8.19. The molecule has 0 N–H and O–H groups in total. The van der Waals surface area contributed by atoms with E-state index in [1.165, 1.54) is 24.6 Å². The largest absolute Gasteiger partial charge is 0.331 e. The van der Waals surface area contributed by atoms with Crippen molar-refractivity contribution in [3.05, 3.63) is 53.1 Å². The number of rotatable bonds is 3. The third-order valence-electron chi connectivity index (χ3n) is 4.99. The van der Waals surface area contributed by atoms with Crippen molar-refractivity contribution in [1.82, 2.24) is 9.55 Å². The number of imidazole rings is 1. The molecule has 1 unspecified atom stereocenters. The van der Waals surface area contributed by atoms with Gasteiger partial charge in [0.25, 0.3) is 0 Å². The molecule has 1 aromatic carbocycles. The summed E-state index contributed by atoms with van der Waals surface area (Å²) < 4.78 is 29.9. The highest BCUT2D eigenvalue weighted by Gasteiger charge is 2.27. The lowest BCUT2D eigenvalue weighted by Gasteiger charge is -2.18. The van der Waals surface area contributed by atoms with Crippen LogP contribution in [-0.2, 0) is 19.4 Å². The second kappa shape index (κ2) is 5.49. The summed E-state index contributed by atoms with van der Waals surface area (Å²) in [6, 6.07) is 4.53. The maximum atomic E-state index is 14.1. The fourth-order valence-electron chi connectivity index (χ4n) is 3.56. The Bertz CT molecular complexity index is 688. The van der Waals surface area contributed by atoms with Crippen LogP contribution in [0.5, 0.6) is 0 Å². The van der Waals surface area contributed by atoms with E-state index in [1.807, 2.05) is 6.20 Å². The summed E-state index contributed by atoms with van der Waals surface area (Å²) in [5, 5.41) is 0. The van der Waals surface area contributed by atoms with Crippen molar-refractivity contribution < 1.29 is 8.78 Å². The Morgan fingerprint density at radius 2 is 2.05 bits per heavy atom. The van der Waals surface area contributed by atoms with E-state index in [1.54, 1.807) is 12.1 Å². The molecule has 1 saturated carbocycles. The molecule has 116 valence electrons. The monoisotopic (exact) mass is 302 g/mol. The molecule has 1 aliphatic carbocycles. The zero-order valence-electron chi connectivity index (χ0n) is 12.6. The second-order valence-corrected chi connectivity index (χ2v) is 6.66. The van der Waals surface area contributed by atoms with Crippen LogP contribution in [0.1, 0.15) is 48.7 Å². The maximum Gasteiger partial charge on any atom is 0.162 e. The van der Waals surface area contributed by atoms with Gasteiger partial charge in [-0.3, -0.25) is 0 Å². The van der Waals surface area contributed by atoms with E-state index in [0.29, 0.717) is 5.56 Å². The molecular weight excluding hydrogens is 282 g/mol. The quantitative estimate of drug-likeness (QED) is 0.829. The Morgan fingerprint density at radius 3 is 2.86 bits per heavy atom. The van der Waals surface area contributed by atoms with Gasteiger partial charge in [0, 0.05) is 30.8 Å². The molecule has 0 bridgehead atoms. The Kier molecular flexibility index (Phi) is 3.47. The summed E-state index contributed by atoms with van der Waals surface area (Å²) in [7, 11) is 0. The Balaban J connectivity index is 1.65. The summed E-state index contributed by atoms with van der Waals surface area (Å²) in [6.07, 6.45) is 8.46. The minimum atomic E-state index is -0.745. The van der Waals surface area contributed by atoms with Gasteiger partial charge in [0.05, 0.1) is 0 Å².